The minimum absolute atomic E-state index is 0.312. The molecule has 0 spiro atoms. The highest BCUT2D eigenvalue weighted by Crippen LogP contribution is 2.27. The number of anilines is 1. The molecule has 0 unspecified atom stereocenters. The van der Waals surface area contributed by atoms with Crippen molar-refractivity contribution in [2.24, 2.45) is 5.10 Å². The van der Waals surface area contributed by atoms with Crippen LogP contribution in [-0.2, 0) is 0 Å². The number of aryl methyl sites for hydroxylation is 1. The second kappa shape index (κ2) is 12.5. The lowest BCUT2D eigenvalue weighted by atomic mass is 10.1. The molecule has 8 heteroatoms. The molecule has 0 fully saturated rings. The summed E-state index contributed by atoms with van der Waals surface area (Å²) < 4.78 is 11.3. The Labute approximate surface area is 171 Å². The number of nitrogens with one attached hydrogen (secondary N) is 2. The van der Waals surface area contributed by atoms with E-state index in [0.29, 0.717) is 23.9 Å². The monoisotopic (exact) mass is 401 g/mol. The average Bonchev–Trinajstić information content (AvgIpc) is 2.73. The second-order valence-electron chi connectivity index (χ2n) is 6.82. The van der Waals surface area contributed by atoms with Gasteiger partial charge in [-0.1, -0.05) is 45.4 Å². The van der Waals surface area contributed by atoms with Gasteiger partial charge in [-0.25, -0.2) is 9.89 Å². The van der Waals surface area contributed by atoms with Crippen molar-refractivity contribution in [3.8, 4) is 11.5 Å². The van der Waals surface area contributed by atoms with Crippen LogP contribution >= 0.6 is 0 Å². The first kappa shape index (κ1) is 22.4. The van der Waals surface area contributed by atoms with Crippen molar-refractivity contribution in [3.05, 3.63) is 39.9 Å². The third-order valence-electron chi connectivity index (χ3n) is 4.45. The number of unbranched alkanes of at least 4 members (excludes halogenated alkanes) is 6. The predicted molar refractivity (Wildman–Crippen MR) is 115 cm³/mol. The Morgan fingerprint density at radius 3 is 2.66 bits per heavy atom. The van der Waals surface area contributed by atoms with E-state index in [4.69, 9.17) is 9.47 Å². The summed E-state index contributed by atoms with van der Waals surface area (Å²) in [5.74, 6) is 1.69. The third kappa shape index (κ3) is 7.93. The molecule has 0 aliphatic rings. The van der Waals surface area contributed by atoms with E-state index in [-0.39, 0.29) is 0 Å². The van der Waals surface area contributed by atoms with E-state index in [9.17, 15) is 4.79 Å². The molecule has 2 aromatic rings. The van der Waals surface area contributed by atoms with Crippen molar-refractivity contribution < 1.29 is 9.47 Å². The molecule has 8 nitrogen and oxygen atoms in total. The summed E-state index contributed by atoms with van der Waals surface area (Å²) >= 11 is 0. The number of benzene rings is 1. The first-order chi connectivity index (χ1) is 14.1. The molecule has 158 valence electrons. The third-order valence-corrected chi connectivity index (χ3v) is 4.45. The number of hydrogen-bond acceptors (Lipinski definition) is 7. The van der Waals surface area contributed by atoms with Crippen molar-refractivity contribution >= 4 is 12.0 Å². The lowest BCUT2D eigenvalue weighted by molar-refractivity contribution is 0.284. The summed E-state index contributed by atoms with van der Waals surface area (Å²) in [6.45, 7) is 4.64. The fraction of sp³-hybridized carbons (Fsp3) is 0.524. The molecule has 0 radical (unpaired) electrons. The fourth-order valence-corrected chi connectivity index (χ4v) is 2.79. The molecule has 0 atom stereocenters. The highest BCUT2D eigenvalue weighted by Gasteiger charge is 2.05. The summed E-state index contributed by atoms with van der Waals surface area (Å²) in [5, 5.41) is 10.2. The average molecular weight is 402 g/mol. The summed E-state index contributed by atoms with van der Waals surface area (Å²) in [5.41, 5.74) is 3.57. The van der Waals surface area contributed by atoms with E-state index in [1.807, 2.05) is 18.2 Å². The zero-order valence-electron chi connectivity index (χ0n) is 17.5. The molecular formula is C21H31N5O3. The van der Waals surface area contributed by atoms with Gasteiger partial charge in [-0.15, -0.1) is 0 Å². The largest absolute Gasteiger partial charge is 0.493 e. The molecule has 0 aliphatic heterocycles. The van der Waals surface area contributed by atoms with Crippen LogP contribution in [0.4, 0.5) is 5.82 Å². The number of aromatic amines is 1. The molecule has 1 heterocycles. The standard InChI is InChI=1S/C21H31N5O3/c1-4-5-6-7-8-9-10-13-29-18-12-11-17(14-19(18)28-3)15-22-25-20-16(2)24-26-21(27)23-20/h11-12,14-15H,4-10,13H2,1-3H3,(H2,23,25,26,27)/b22-15+. The molecule has 1 aromatic carbocycles. The zero-order chi connectivity index (χ0) is 20.9. The van der Waals surface area contributed by atoms with E-state index < -0.39 is 5.69 Å². The summed E-state index contributed by atoms with van der Waals surface area (Å²) in [7, 11) is 1.62. The molecule has 0 bridgehead atoms. The van der Waals surface area contributed by atoms with Gasteiger partial charge in [0.25, 0.3) is 0 Å². The predicted octanol–water partition coefficient (Wildman–Crippen LogP) is 4.06. The van der Waals surface area contributed by atoms with Gasteiger partial charge in [0.2, 0.25) is 0 Å². The van der Waals surface area contributed by atoms with Gasteiger partial charge in [-0.05, 0) is 37.1 Å². The lowest BCUT2D eigenvalue weighted by Gasteiger charge is -2.11. The maximum Gasteiger partial charge on any atom is 0.363 e. The van der Waals surface area contributed by atoms with Gasteiger partial charge in [-0.2, -0.15) is 15.2 Å². The molecule has 0 aliphatic carbocycles. The van der Waals surface area contributed by atoms with Crippen LogP contribution in [0.2, 0.25) is 0 Å². The van der Waals surface area contributed by atoms with E-state index in [1.54, 1.807) is 20.2 Å². The zero-order valence-corrected chi connectivity index (χ0v) is 17.5. The van der Waals surface area contributed by atoms with Gasteiger partial charge in [-0.3, -0.25) is 5.43 Å². The van der Waals surface area contributed by atoms with Crippen LogP contribution in [0.15, 0.2) is 28.1 Å². The van der Waals surface area contributed by atoms with Crippen LogP contribution in [-0.4, -0.2) is 35.1 Å². The van der Waals surface area contributed by atoms with Crippen molar-refractivity contribution in [1.82, 2.24) is 15.2 Å². The number of nitrogens with zero attached hydrogens (tertiary/aromatic N) is 3. The van der Waals surface area contributed by atoms with Crippen LogP contribution in [0.3, 0.4) is 0 Å². The van der Waals surface area contributed by atoms with Crippen LogP contribution in [0.1, 0.15) is 63.1 Å². The van der Waals surface area contributed by atoms with Crippen molar-refractivity contribution in [3.63, 3.8) is 0 Å². The summed E-state index contributed by atoms with van der Waals surface area (Å²) in [4.78, 5) is 15.0. The number of hydrazone groups is 1. The highest BCUT2D eigenvalue weighted by atomic mass is 16.5. The van der Waals surface area contributed by atoms with E-state index >= 15 is 0 Å². The quantitative estimate of drug-likeness (QED) is 0.298. The first-order valence-electron chi connectivity index (χ1n) is 10.2. The molecule has 0 amide bonds. The number of hydrogen-bond donors (Lipinski definition) is 2. The molecule has 29 heavy (non-hydrogen) atoms. The number of rotatable bonds is 13. The van der Waals surface area contributed by atoms with Gasteiger partial charge in [0.1, 0.15) is 5.69 Å². The number of methoxy groups -OCH3 is 1. The Kier molecular flexibility index (Phi) is 9.68. The van der Waals surface area contributed by atoms with Crippen LogP contribution < -0.4 is 20.6 Å². The van der Waals surface area contributed by atoms with Crippen LogP contribution in [0, 0.1) is 6.92 Å². The Hall–Kier alpha value is -2.90. The maximum absolute atomic E-state index is 11.2. The first-order valence-corrected chi connectivity index (χ1v) is 10.2. The fourth-order valence-electron chi connectivity index (χ4n) is 2.79. The van der Waals surface area contributed by atoms with Gasteiger partial charge in [0.15, 0.2) is 17.3 Å². The molecule has 0 saturated heterocycles. The molecular weight excluding hydrogens is 370 g/mol. The second-order valence-corrected chi connectivity index (χ2v) is 6.82. The Morgan fingerprint density at radius 2 is 1.90 bits per heavy atom. The Balaban J connectivity index is 1.83. The minimum Gasteiger partial charge on any atom is -0.493 e. The highest BCUT2D eigenvalue weighted by molar-refractivity contribution is 5.81. The maximum atomic E-state index is 11.2. The van der Waals surface area contributed by atoms with Gasteiger partial charge in [0.05, 0.1) is 19.9 Å². The van der Waals surface area contributed by atoms with Crippen molar-refractivity contribution in [2.45, 2.75) is 58.8 Å². The van der Waals surface area contributed by atoms with Gasteiger partial charge >= 0.3 is 5.69 Å². The topological polar surface area (TPSA) is 101 Å². The minimum atomic E-state index is -0.530. The van der Waals surface area contributed by atoms with Gasteiger partial charge < -0.3 is 9.47 Å². The molecule has 2 N–H and O–H groups in total. The van der Waals surface area contributed by atoms with Crippen molar-refractivity contribution in [1.29, 1.82) is 0 Å². The normalized spacial score (nSPS) is 11.0. The number of aromatic nitrogens is 3. The smallest absolute Gasteiger partial charge is 0.363 e. The Morgan fingerprint density at radius 1 is 1.14 bits per heavy atom. The summed E-state index contributed by atoms with van der Waals surface area (Å²) in [6, 6.07) is 5.62. The lowest BCUT2D eigenvalue weighted by Crippen LogP contribution is -2.15. The van der Waals surface area contributed by atoms with Crippen molar-refractivity contribution in [2.75, 3.05) is 19.1 Å². The van der Waals surface area contributed by atoms with Crippen LogP contribution in [0.5, 0.6) is 11.5 Å². The van der Waals surface area contributed by atoms with Gasteiger partial charge in [0, 0.05) is 0 Å². The van der Waals surface area contributed by atoms with E-state index in [2.05, 4.69) is 32.6 Å². The van der Waals surface area contributed by atoms with E-state index in [1.165, 1.54) is 38.5 Å². The van der Waals surface area contributed by atoms with Crippen LogP contribution in [0.25, 0.3) is 0 Å². The van der Waals surface area contributed by atoms with E-state index in [0.717, 1.165) is 17.7 Å². The molecule has 0 saturated carbocycles. The molecule has 2 rings (SSSR count). The number of ether oxygens (including phenoxy) is 2. The molecule has 1 aromatic heterocycles. The number of H-pyrrole nitrogens is 1. The SMILES string of the molecule is CCCCCCCCCOc1ccc(/C=N/Nc2nc(=O)[nH]nc2C)cc1OC. The Bertz CT molecular complexity index is 835. The summed E-state index contributed by atoms with van der Waals surface area (Å²) in [6.07, 6.45) is 10.4.